The Bertz CT molecular complexity index is 954. The Labute approximate surface area is 147 Å². The molecule has 0 aliphatic heterocycles. The van der Waals surface area contributed by atoms with Gasteiger partial charge in [-0.1, -0.05) is 18.2 Å². The van der Waals surface area contributed by atoms with Crippen molar-refractivity contribution in [3.05, 3.63) is 66.5 Å². The molecule has 2 aromatic heterocycles. The van der Waals surface area contributed by atoms with Crippen molar-refractivity contribution in [3.8, 4) is 5.75 Å². The van der Waals surface area contributed by atoms with Gasteiger partial charge in [-0.05, 0) is 55.3 Å². The van der Waals surface area contributed by atoms with Crippen molar-refractivity contribution in [1.29, 1.82) is 0 Å². The Morgan fingerprint density at radius 1 is 0.920 bits per heavy atom. The van der Waals surface area contributed by atoms with Crippen LogP contribution < -0.4 is 10.1 Å². The molecule has 0 radical (unpaired) electrons. The number of para-hydroxylation sites is 1. The standard InChI is InChI=1S/C21H23N3O/c1-2-6-21-19(5-1)17(15-24-21)4-3-10-22-12-13-25-18-7-8-20-16(14-18)9-11-23-20/h1-2,5-9,11,14-15,22-24H,3-4,10,12-13H2. The molecule has 4 rings (SSSR count). The summed E-state index contributed by atoms with van der Waals surface area (Å²) in [6, 6.07) is 16.7. The van der Waals surface area contributed by atoms with E-state index in [2.05, 4.69) is 63.9 Å². The largest absolute Gasteiger partial charge is 0.492 e. The molecule has 0 fully saturated rings. The second-order valence-electron chi connectivity index (χ2n) is 6.29. The predicted molar refractivity (Wildman–Crippen MR) is 103 cm³/mol. The molecule has 0 spiro atoms. The van der Waals surface area contributed by atoms with E-state index in [1.54, 1.807) is 0 Å². The minimum atomic E-state index is 0.684. The maximum atomic E-state index is 5.81. The van der Waals surface area contributed by atoms with Crippen LogP contribution in [0.15, 0.2) is 60.9 Å². The third kappa shape index (κ3) is 3.69. The van der Waals surface area contributed by atoms with E-state index in [1.807, 2.05) is 12.3 Å². The van der Waals surface area contributed by atoms with Gasteiger partial charge in [-0.15, -0.1) is 0 Å². The Hall–Kier alpha value is -2.72. The Morgan fingerprint density at radius 2 is 1.88 bits per heavy atom. The number of aromatic nitrogens is 2. The number of H-pyrrole nitrogens is 2. The molecule has 0 saturated heterocycles. The van der Waals surface area contributed by atoms with Gasteiger partial charge in [0.25, 0.3) is 0 Å². The predicted octanol–water partition coefficient (Wildman–Crippen LogP) is 4.25. The first-order chi connectivity index (χ1) is 12.4. The summed E-state index contributed by atoms with van der Waals surface area (Å²) in [5, 5.41) is 5.98. The zero-order chi connectivity index (χ0) is 16.9. The smallest absolute Gasteiger partial charge is 0.120 e. The number of aryl methyl sites for hydroxylation is 1. The van der Waals surface area contributed by atoms with E-state index in [1.165, 1.54) is 21.9 Å². The third-order valence-corrected chi connectivity index (χ3v) is 4.55. The average molecular weight is 333 g/mol. The number of nitrogens with one attached hydrogen (secondary N) is 3. The molecule has 128 valence electrons. The first kappa shape index (κ1) is 15.8. The van der Waals surface area contributed by atoms with Crippen molar-refractivity contribution < 1.29 is 4.74 Å². The summed E-state index contributed by atoms with van der Waals surface area (Å²) in [5.41, 5.74) is 3.76. The van der Waals surface area contributed by atoms with Gasteiger partial charge >= 0.3 is 0 Å². The van der Waals surface area contributed by atoms with E-state index < -0.39 is 0 Å². The topological polar surface area (TPSA) is 52.8 Å². The molecule has 0 saturated carbocycles. The number of hydrogen-bond donors (Lipinski definition) is 3. The van der Waals surface area contributed by atoms with Gasteiger partial charge < -0.3 is 20.0 Å². The van der Waals surface area contributed by atoms with Crippen LogP contribution in [0.5, 0.6) is 5.75 Å². The zero-order valence-corrected chi connectivity index (χ0v) is 14.2. The Balaban J connectivity index is 1.16. The minimum Gasteiger partial charge on any atom is -0.492 e. The first-order valence-corrected chi connectivity index (χ1v) is 8.86. The quantitative estimate of drug-likeness (QED) is 0.422. The number of hydrogen-bond acceptors (Lipinski definition) is 2. The van der Waals surface area contributed by atoms with E-state index in [0.29, 0.717) is 6.61 Å². The number of aromatic amines is 2. The molecule has 0 bridgehead atoms. The van der Waals surface area contributed by atoms with Crippen LogP contribution in [0.1, 0.15) is 12.0 Å². The lowest BCUT2D eigenvalue weighted by molar-refractivity contribution is 0.314. The normalized spacial score (nSPS) is 11.4. The Kier molecular flexibility index (Phi) is 4.70. The molecule has 0 aliphatic carbocycles. The summed E-state index contributed by atoms with van der Waals surface area (Å²) >= 11 is 0. The summed E-state index contributed by atoms with van der Waals surface area (Å²) in [6.45, 7) is 2.54. The minimum absolute atomic E-state index is 0.684. The van der Waals surface area contributed by atoms with Crippen LogP contribution in [-0.2, 0) is 6.42 Å². The van der Waals surface area contributed by atoms with Crippen molar-refractivity contribution in [1.82, 2.24) is 15.3 Å². The van der Waals surface area contributed by atoms with Gasteiger partial charge in [-0.3, -0.25) is 0 Å². The summed E-state index contributed by atoms with van der Waals surface area (Å²) in [7, 11) is 0. The highest BCUT2D eigenvalue weighted by Crippen LogP contribution is 2.20. The number of rotatable bonds is 8. The lowest BCUT2D eigenvalue weighted by atomic mass is 10.1. The molecule has 25 heavy (non-hydrogen) atoms. The van der Waals surface area contributed by atoms with E-state index in [9.17, 15) is 0 Å². The lowest BCUT2D eigenvalue weighted by Crippen LogP contribution is -2.22. The summed E-state index contributed by atoms with van der Waals surface area (Å²) in [4.78, 5) is 6.53. The Morgan fingerprint density at radius 3 is 2.88 bits per heavy atom. The average Bonchev–Trinajstić information content (AvgIpc) is 3.27. The van der Waals surface area contributed by atoms with Gasteiger partial charge in [0.05, 0.1) is 0 Å². The molecule has 0 aliphatic rings. The summed E-state index contributed by atoms with van der Waals surface area (Å²) < 4.78 is 5.81. The van der Waals surface area contributed by atoms with Crippen molar-refractivity contribution >= 4 is 21.8 Å². The highest BCUT2D eigenvalue weighted by atomic mass is 16.5. The van der Waals surface area contributed by atoms with Crippen LogP contribution in [0.2, 0.25) is 0 Å². The summed E-state index contributed by atoms with van der Waals surface area (Å²) in [5.74, 6) is 0.924. The van der Waals surface area contributed by atoms with E-state index in [4.69, 9.17) is 4.74 Å². The van der Waals surface area contributed by atoms with E-state index in [-0.39, 0.29) is 0 Å². The van der Waals surface area contributed by atoms with Crippen molar-refractivity contribution in [3.63, 3.8) is 0 Å². The van der Waals surface area contributed by atoms with E-state index in [0.717, 1.165) is 37.2 Å². The van der Waals surface area contributed by atoms with E-state index >= 15 is 0 Å². The van der Waals surface area contributed by atoms with Crippen LogP contribution in [0.25, 0.3) is 21.8 Å². The molecule has 4 heteroatoms. The monoisotopic (exact) mass is 333 g/mol. The van der Waals surface area contributed by atoms with Crippen molar-refractivity contribution in [2.24, 2.45) is 0 Å². The fourth-order valence-electron chi connectivity index (χ4n) is 3.23. The zero-order valence-electron chi connectivity index (χ0n) is 14.2. The molecule has 2 aromatic carbocycles. The van der Waals surface area contributed by atoms with Crippen LogP contribution in [0, 0.1) is 0 Å². The van der Waals surface area contributed by atoms with Crippen LogP contribution >= 0.6 is 0 Å². The van der Waals surface area contributed by atoms with Gasteiger partial charge in [0.15, 0.2) is 0 Å². The van der Waals surface area contributed by atoms with Gasteiger partial charge in [0.1, 0.15) is 12.4 Å². The molecule has 2 heterocycles. The molecular formula is C21H23N3O. The molecular weight excluding hydrogens is 310 g/mol. The van der Waals surface area contributed by atoms with Crippen molar-refractivity contribution in [2.75, 3.05) is 19.7 Å². The number of benzene rings is 2. The molecule has 0 atom stereocenters. The van der Waals surface area contributed by atoms with Crippen LogP contribution in [0.3, 0.4) is 0 Å². The first-order valence-electron chi connectivity index (χ1n) is 8.86. The molecule has 4 nitrogen and oxygen atoms in total. The fourth-order valence-corrected chi connectivity index (χ4v) is 3.23. The summed E-state index contributed by atoms with van der Waals surface area (Å²) in [6.07, 6.45) is 6.29. The van der Waals surface area contributed by atoms with Gasteiger partial charge in [0.2, 0.25) is 0 Å². The lowest BCUT2D eigenvalue weighted by Gasteiger charge is -2.08. The van der Waals surface area contributed by atoms with Crippen molar-refractivity contribution in [2.45, 2.75) is 12.8 Å². The molecule has 3 N–H and O–H groups in total. The number of fused-ring (bicyclic) bond motifs is 2. The highest BCUT2D eigenvalue weighted by Gasteiger charge is 2.02. The molecule has 0 amide bonds. The van der Waals surface area contributed by atoms with Gasteiger partial charge in [-0.2, -0.15) is 0 Å². The third-order valence-electron chi connectivity index (χ3n) is 4.55. The second-order valence-corrected chi connectivity index (χ2v) is 6.29. The maximum absolute atomic E-state index is 5.81. The SMILES string of the molecule is c1ccc2c(CCCNCCOc3ccc4[nH]ccc4c3)c[nH]c2c1. The highest BCUT2D eigenvalue weighted by molar-refractivity contribution is 5.83. The maximum Gasteiger partial charge on any atom is 0.120 e. The number of ether oxygens (including phenoxy) is 1. The van der Waals surface area contributed by atoms with Gasteiger partial charge in [0, 0.05) is 40.7 Å². The fraction of sp³-hybridized carbons (Fsp3) is 0.238. The molecule has 4 aromatic rings. The second kappa shape index (κ2) is 7.45. The molecule has 0 unspecified atom stereocenters. The van der Waals surface area contributed by atoms with Crippen LogP contribution in [-0.4, -0.2) is 29.7 Å². The van der Waals surface area contributed by atoms with Gasteiger partial charge in [-0.25, -0.2) is 0 Å². The van der Waals surface area contributed by atoms with Crippen LogP contribution in [0.4, 0.5) is 0 Å².